The van der Waals surface area contributed by atoms with E-state index in [-0.39, 0.29) is 6.42 Å². The fourth-order valence-electron chi connectivity index (χ4n) is 2.35. The van der Waals surface area contributed by atoms with Gasteiger partial charge < -0.3 is 10.2 Å². The van der Waals surface area contributed by atoms with E-state index in [1.165, 1.54) is 0 Å². The molecule has 0 spiro atoms. The average molecular weight is 293 g/mol. The Kier molecular flexibility index (Phi) is 4.99. The Balaban J connectivity index is 2.12. The Morgan fingerprint density at radius 1 is 1.10 bits per heavy atom. The molecular weight excluding hydrogens is 276 g/mol. The first-order valence-corrected chi connectivity index (χ1v) is 7.04. The van der Waals surface area contributed by atoms with E-state index >= 15 is 0 Å². The third-order valence-corrected chi connectivity index (χ3v) is 3.71. The highest BCUT2D eigenvalue weighted by Gasteiger charge is 2.12. The summed E-state index contributed by atoms with van der Waals surface area (Å²) in [7, 11) is 0. The Hall–Kier alpha value is -1.58. The summed E-state index contributed by atoms with van der Waals surface area (Å²) >= 11 is 6.15. The highest BCUT2D eigenvalue weighted by Crippen LogP contribution is 2.31. The smallest absolute Gasteiger partial charge is 0.303 e. The Morgan fingerprint density at radius 3 is 2.50 bits per heavy atom. The summed E-state index contributed by atoms with van der Waals surface area (Å²) in [5.74, 6) is -0.795. The molecule has 0 fully saturated rings. The lowest BCUT2D eigenvalue weighted by molar-refractivity contribution is -0.137. The van der Waals surface area contributed by atoms with Crippen LogP contribution in [0.3, 0.4) is 0 Å². The van der Waals surface area contributed by atoms with Gasteiger partial charge in [0, 0.05) is 16.8 Å². The van der Waals surface area contributed by atoms with Gasteiger partial charge in [0.1, 0.15) is 0 Å². The molecule has 0 aromatic heterocycles. The van der Waals surface area contributed by atoms with Crippen molar-refractivity contribution in [2.24, 2.45) is 0 Å². The maximum atomic E-state index is 10.4. The number of rotatable bonds is 6. The standard InChI is InChI=1S/C16H17ClO3/c17-14-10-9-13(11-5-1-2-6-12(11)14)15(18)7-3-4-8-16(19)20/h1-2,5-6,9-10,15,18H,3-4,7-8H2,(H,19,20). The highest BCUT2D eigenvalue weighted by atomic mass is 35.5. The van der Waals surface area contributed by atoms with Gasteiger partial charge in [0.25, 0.3) is 0 Å². The molecule has 2 aromatic rings. The number of carboxylic acid groups (broad SMARTS) is 1. The largest absolute Gasteiger partial charge is 0.481 e. The SMILES string of the molecule is O=C(O)CCCCC(O)c1ccc(Cl)c2ccccc12. The molecule has 4 heteroatoms. The molecule has 0 bridgehead atoms. The average Bonchev–Trinajstić information content (AvgIpc) is 2.44. The van der Waals surface area contributed by atoms with Crippen molar-refractivity contribution in [3.8, 4) is 0 Å². The number of fused-ring (bicyclic) bond motifs is 1. The van der Waals surface area contributed by atoms with Crippen LogP contribution in [0, 0.1) is 0 Å². The molecule has 2 aromatic carbocycles. The maximum absolute atomic E-state index is 10.4. The second-order valence-electron chi connectivity index (χ2n) is 4.84. The zero-order chi connectivity index (χ0) is 14.5. The van der Waals surface area contributed by atoms with E-state index in [1.807, 2.05) is 30.3 Å². The lowest BCUT2D eigenvalue weighted by Crippen LogP contribution is -2.00. The van der Waals surface area contributed by atoms with Crippen LogP contribution in [-0.2, 0) is 4.79 Å². The van der Waals surface area contributed by atoms with Crippen LogP contribution < -0.4 is 0 Å². The Bertz CT molecular complexity index is 610. The predicted octanol–water partition coefficient (Wildman–Crippen LogP) is 4.17. The van der Waals surface area contributed by atoms with Gasteiger partial charge in [-0.2, -0.15) is 0 Å². The Morgan fingerprint density at radius 2 is 1.80 bits per heavy atom. The van der Waals surface area contributed by atoms with E-state index in [0.29, 0.717) is 24.3 Å². The lowest BCUT2D eigenvalue weighted by Gasteiger charge is -2.14. The van der Waals surface area contributed by atoms with Crippen molar-refractivity contribution in [1.82, 2.24) is 0 Å². The second-order valence-corrected chi connectivity index (χ2v) is 5.24. The first kappa shape index (κ1) is 14.8. The topological polar surface area (TPSA) is 57.5 Å². The van der Waals surface area contributed by atoms with Gasteiger partial charge in [0.05, 0.1) is 6.10 Å². The van der Waals surface area contributed by atoms with Crippen molar-refractivity contribution in [2.45, 2.75) is 31.8 Å². The first-order chi connectivity index (χ1) is 9.59. The number of hydrogen-bond donors (Lipinski definition) is 2. The summed E-state index contributed by atoms with van der Waals surface area (Å²) in [4.78, 5) is 10.4. The van der Waals surface area contributed by atoms with E-state index in [1.54, 1.807) is 6.07 Å². The molecule has 0 aliphatic heterocycles. The second kappa shape index (κ2) is 6.73. The number of carboxylic acids is 1. The molecule has 2 N–H and O–H groups in total. The Labute approximate surface area is 122 Å². The molecule has 0 aliphatic carbocycles. The molecule has 0 aliphatic rings. The number of unbranched alkanes of at least 4 members (excludes halogenated alkanes) is 1. The van der Waals surface area contributed by atoms with Gasteiger partial charge in [0.2, 0.25) is 0 Å². The molecular formula is C16H17ClO3. The summed E-state index contributed by atoms with van der Waals surface area (Å²) in [5.41, 5.74) is 0.848. The molecule has 0 saturated heterocycles. The quantitative estimate of drug-likeness (QED) is 0.786. The normalized spacial score (nSPS) is 12.5. The van der Waals surface area contributed by atoms with Crippen molar-refractivity contribution in [3.63, 3.8) is 0 Å². The van der Waals surface area contributed by atoms with Gasteiger partial charge in [-0.25, -0.2) is 0 Å². The van der Waals surface area contributed by atoms with E-state index in [4.69, 9.17) is 16.7 Å². The van der Waals surface area contributed by atoms with Gasteiger partial charge in [-0.3, -0.25) is 4.79 Å². The zero-order valence-corrected chi connectivity index (χ0v) is 11.8. The van der Waals surface area contributed by atoms with Crippen LogP contribution in [0.15, 0.2) is 36.4 Å². The fraction of sp³-hybridized carbons (Fsp3) is 0.312. The molecule has 0 amide bonds. The molecule has 106 valence electrons. The number of aliphatic hydroxyl groups is 1. The molecule has 3 nitrogen and oxygen atoms in total. The summed E-state index contributed by atoms with van der Waals surface area (Å²) in [5, 5.41) is 21.4. The van der Waals surface area contributed by atoms with Gasteiger partial charge in [-0.15, -0.1) is 0 Å². The van der Waals surface area contributed by atoms with Crippen LogP contribution in [-0.4, -0.2) is 16.2 Å². The summed E-state index contributed by atoms with van der Waals surface area (Å²) < 4.78 is 0. The third-order valence-electron chi connectivity index (χ3n) is 3.38. The number of aliphatic hydroxyl groups excluding tert-OH is 1. The highest BCUT2D eigenvalue weighted by molar-refractivity contribution is 6.35. The zero-order valence-electron chi connectivity index (χ0n) is 11.1. The van der Waals surface area contributed by atoms with Crippen molar-refractivity contribution in [3.05, 3.63) is 47.0 Å². The van der Waals surface area contributed by atoms with Crippen LogP contribution >= 0.6 is 11.6 Å². The minimum atomic E-state index is -0.795. The molecule has 1 unspecified atom stereocenters. The summed E-state index contributed by atoms with van der Waals surface area (Å²) in [6, 6.07) is 11.3. The van der Waals surface area contributed by atoms with E-state index in [2.05, 4.69) is 0 Å². The minimum absolute atomic E-state index is 0.147. The molecule has 1 atom stereocenters. The fourth-order valence-corrected chi connectivity index (χ4v) is 2.57. The number of carbonyl (C=O) groups is 1. The van der Waals surface area contributed by atoms with Crippen molar-refractivity contribution in [2.75, 3.05) is 0 Å². The molecule has 0 heterocycles. The van der Waals surface area contributed by atoms with Crippen LogP contribution in [0.25, 0.3) is 10.8 Å². The van der Waals surface area contributed by atoms with Gasteiger partial charge in [0.15, 0.2) is 0 Å². The monoisotopic (exact) mass is 292 g/mol. The van der Waals surface area contributed by atoms with Crippen LogP contribution in [0.1, 0.15) is 37.4 Å². The van der Waals surface area contributed by atoms with Gasteiger partial charge >= 0.3 is 5.97 Å². The van der Waals surface area contributed by atoms with Crippen LogP contribution in [0.2, 0.25) is 5.02 Å². The number of hydrogen-bond acceptors (Lipinski definition) is 2. The number of halogens is 1. The maximum Gasteiger partial charge on any atom is 0.303 e. The van der Waals surface area contributed by atoms with E-state index in [9.17, 15) is 9.90 Å². The molecule has 20 heavy (non-hydrogen) atoms. The lowest BCUT2D eigenvalue weighted by atomic mass is 9.97. The molecule has 0 radical (unpaired) electrons. The minimum Gasteiger partial charge on any atom is -0.481 e. The predicted molar refractivity (Wildman–Crippen MR) is 80.0 cm³/mol. The van der Waals surface area contributed by atoms with Crippen LogP contribution in [0.5, 0.6) is 0 Å². The van der Waals surface area contributed by atoms with Crippen LogP contribution in [0.4, 0.5) is 0 Å². The first-order valence-electron chi connectivity index (χ1n) is 6.66. The van der Waals surface area contributed by atoms with Crippen molar-refractivity contribution < 1.29 is 15.0 Å². The van der Waals surface area contributed by atoms with E-state index in [0.717, 1.165) is 16.3 Å². The number of aliphatic carboxylic acids is 1. The van der Waals surface area contributed by atoms with Gasteiger partial charge in [-0.1, -0.05) is 41.9 Å². The summed E-state index contributed by atoms with van der Waals surface area (Å²) in [6.07, 6.45) is 1.38. The summed E-state index contributed by atoms with van der Waals surface area (Å²) in [6.45, 7) is 0. The van der Waals surface area contributed by atoms with E-state index < -0.39 is 12.1 Å². The number of benzene rings is 2. The third kappa shape index (κ3) is 3.50. The molecule has 0 saturated carbocycles. The van der Waals surface area contributed by atoms with Crippen molar-refractivity contribution in [1.29, 1.82) is 0 Å². The molecule has 2 rings (SSSR count). The van der Waals surface area contributed by atoms with Crippen molar-refractivity contribution >= 4 is 28.3 Å². The van der Waals surface area contributed by atoms with Gasteiger partial charge in [-0.05, 0) is 36.3 Å².